The Labute approximate surface area is 112 Å². The molecular formula is C13H9F3N2O2. The summed E-state index contributed by atoms with van der Waals surface area (Å²) in [4.78, 5) is 9.92. The fourth-order valence-corrected chi connectivity index (χ4v) is 1.67. The topological polar surface area (TPSA) is 55.2 Å². The van der Waals surface area contributed by atoms with Gasteiger partial charge in [0.05, 0.1) is 10.6 Å². The number of nitro groups is 1. The van der Waals surface area contributed by atoms with Crippen LogP contribution in [0.1, 0.15) is 5.56 Å². The molecule has 0 aliphatic heterocycles. The van der Waals surface area contributed by atoms with Crippen molar-refractivity contribution in [3.63, 3.8) is 0 Å². The molecule has 0 bridgehead atoms. The predicted octanol–water partition coefficient (Wildman–Crippen LogP) is 4.06. The van der Waals surface area contributed by atoms with Crippen molar-refractivity contribution < 1.29 is 18.1 Å². The zero-order chi connectivity index (χ0) is 14.9. The SMILES string of the molecule is Cc1ccc(Nc2c([N+](=O)[O-])ccc(F)c2F)c(F)c1. The number of rotatable bonds is 3. The van der Waals surface area contributed by atoms with Crippen LogP contribution in [0.5, 0.6) is 0 Å². The van der Waals surface area contributed by atoms with Crippen LogP contribution in [0.4, 0.5) is 30.2 Å². The van der Waals surface area contributed by atoms with E-state index < -0.39 is 33.7 Å². The molecule has 0 aliphatic carbocycles. The molecule has 20 heavy (non-hydrogen) atoms. The molecule has 0 aromatic heterocycles. The van der Waals surface area contributed by atoms with Crippen molar-refractivity contribution in [3.05, 3.63) is 63.5 Å². The Morgan fingerprint density at radius 1 is 1.10 bits per heavy atom. The van der Waals surface area contributed by atoms with E-state index in [1.165, 1.54) is 18.2 Å². The largest absolute Gasteiger partial charge is 0.345 e. The van der Waals surface area contributed by atoms with Gasteiger partial charge in [0, 0.05) is 6.07 Å². The second-order valence-corrected chi connectivity index (χ2v) is 4.12. The maximum atomic E-state index is 13.7. The van der Waals surface area contributed by atoms with Gasteiger partial charge in [0.25, 0.3) is 5.69 Å². The summed E-state index contributed by atoms with van der Waals surface area (Å²) in [7, 11) is 0. The molecule has 7 heteroatoms. The van der Waals surface area contributed by atoms with Crippen molar-refractivity contribution in [3.8, 4) is 0 Å². The van der Waals surface area contributed by atoms with Crippen molar-refractivity contribution in [1.29, 1.82) is 0 Å². The molecule has 0 aliphatic rings. The molecule has 0 atom stereocenters. The molecule has 0 unspecified atom stereocenters. The molecule has 0 radical (unpaired) electrons. The van der Waals surface area contributed by atoms with Gasteiger partial charge in [0.1, 0.15) is 5.82 Å². The lowest BCUT2D eigenvalue weighted by Gasteiger charge is -2.10. The lowest BCUT2D eigenvalue weighted by molar-refractivity contribution is -0.384. The number of benzene rings is 2. The quantitative estimate of drug-likeness (QED) is 0.682. The minimum absolute atomic E-state index is 0.178. The molecule has 104 valence electrons. The summed E-state index contributed by atoms with van der Waals surface area (Å²) in [6.45, 7) is 1.65. The monoisotopic (exact) mass is 282 g/mol. The van der Waals surface area contributed by atoms with Crippen molar-refractivity contribution in [2.24, 2.45) is 0 Å². The number of nitrogens with one attached hydrogen (secondary N) is 1. The maximum absolute atomic E-state index is 13.7. The van der Waals surface area contributed by atoms with Crippen LogP contribution in [0, 0.1) is 34.5 Å². The van der Waals surface area contributed by atoms with Crippen LogP contribution in [0.15, 0.2) is 30.3 Å². The van der Waals surface area contributed by atoms with Gasteiger partial charge in [0.15, 0.2) is 17.3 Å². The normalized spacial score (nSPS) is 10.4. The van der Waals surface area contributed by atoms with Gasteiger partial charge in [-0.15, -0.1) is 0 Å². The summed E-state index contributed by atoms with van der Waals surface area (Å²) in [5.74, 6) is -3.41. The highest BCUT2D eigenvalue weighted by molar-refractivity contribution is 5.70. The van der Waals surface area contributed by atoms with Gasteiger partial charge in [-0.3, -0.25) is 10.1 Å². The summed E-state index contributed by atoms with van der Waals surface area (Å²) < 4.78 is 40.5. The Kier molecular flexibility index (Phi) is 3.60. The lowest BCUT2D eigenvalue weighted by atomic mass is 10.2. The highest BCUT2D eigenvalue weighted by atomic mass is 19.2. The highest BCUT2D eigenvalue weighted by Gasteiger charge is 2.22. The van der Waals surface area contributed by atoms with Crippen LogP contribution in [-0.2, 0) is 0 Å². The molecule has 2 aromatic carbocycles. The summed E-state index contributed by atoms with van der Waals surface area (Å²) in [5, 5.41) is 13.0. The Bertz CT molecular complexity index is 690. The van der Waals surface area contributed by atoms with E-state index in [1.54, 1.807) is 6.92 Å². The third kappa shape index (κ3) is 2.56. The first-order valence-corrected chi connectivity index (χ1v) is 5.55. The Balaban J connectivity index is 2.52. The Morgan fingerprint density at radius 3 is 2.40 bits per heavy atom. The fourth-order valence-electron chi connectivity index (χ4n) is 1.67. The van der Waals surface area contributed by atoms with Crippen molar-refractivity contribution in [2.45, 2.75) is 6.92 Å². The minimum atomic E-state index is -1.43. The first kappa shape index (κ1) is 13.9. The Morgan fingerprint density at radius 2 is 1.80 bits per heavy atom. The van der Waals surface area contributed by atoms with Crippen LogP contribution in [0.2, 0.25) is 0 Å². The first-order chi connectivity index (χ1) is 9.40. The molecule has 0 heterocycles. The molecule has 2 rings (SSSR count). The van der Waals surface area contributed by atoms with Gasteiger partial charge in [-0.1, -0.05) is 6.07 Å². The number of hydrogen-bond donors (Lipinski definition) is 1. The van der Waals surface area contributed by atoms with Gasteiger partial charge in [0.2, 0.25) is 0 Å². The molecular weight excluding hydrogens is 273 g/mol. The first-order valence-electron chi connectivity index (χ1n) is 5.55. The number of hydrogen-bond acceptors (Lipinski definition) is 3. The summed E-state index contributed by atoms with van der Waals surface area (Å²) in [6.07, 6.45) is 0. The van der Waals surface area contributed by atoms with Gasteiger partial charge in [-0.25, -0.2) is 13.2 Å². The second kappa shape index (κ2) is 5.20. The average Bonchev–Trinajstić information content (AvgIpc) is 2.37. The number of aryl methyl sites for hydroxylation is 1. The van der Waals surface area contributed by atoms with Crippen LogP contribution < -0.4 is 5.32 Å². The van der Waals surface area contributed by atoms with Gasteiger partial charge < -0.3 is 5.32 Å². The number of anilines is 2. The van der Waals surface area contributed by atoms with Crippen LogP contribution in [0.3, 0.4) is 0 Å². The van der Waals surface area contributed by atoms with E-state index in [2.05, 4.69) is 5.32 Å². The zero-order valence-electron chi connectivity index (χ0n) is 10.3. The standard InChI is InChI=1S/C13H9F3N2O2/c1-7-2-4-10(9(15)6-7)17-13-11(18(19)20)5-3-8(14)12(13)16/h2-6,17H,1H3. The maximum Gasteiger partial charge on any atom is 0.295 e. The molecule has 4 nitrogen and oxygen atoms in total. The van der Waals surface area contributed by atoms with E-state index in [0.29, 0.717) is 11.6 Å². The lowest BCUT2D eigenvalue weighted by Crippen LogP contribution is -2.03. The van der Waals surface area contributed by atoms with E-state index in [-0.39, 0.29) is 5.69 Å². The van der Waals surface area contributed by atoms with Crippen LogP contribution >= 0.6 is 0 Å². The van der Waals surface area contributed by atoms with E-state index in [9.17, 15) is 23.3 Å². The molecule has 0 saturated heterocycles. The third-order valence-electron chi connectivity index (χ3n) is 2.65. The van der Waals surface area contributed by atoms with Crippen LogP contribution in [0.25, 0.3) is 0 Å². The summed E-state index contributed by atoms with van der Waals surface area (Å²) in [6, 6.07) is 5.45. The van der Waals surface area contributed by atoms with Crippen molar-refractivity contribution in [1.82, 2.24) is 0 Å². The molecule has 0 amide bonds. The van der Waals surface area contributed by atoms with Gasteiger partial charge >= 0.3 is 0 Å². The minimum Gasteiger partial charge on any atom is -0.345 e. The molecule has 1 N–H and O–H groups in total. The van der Waals surface area contributed by atoms with Crippen molar-refractivity contribution in [2.75, 3.05) is 5.32 Å². The highest BCUT2D eigenvalue weighted by Crippen LogP contribution is 2.32. The predicted molar refractivity (Wildman–Crippen MR) is 67.4 cm³/mol. The zero-order valence-corrected chi connectivity index (χ0v) is 10.3. The number of halogens is 3. The molecule has 2 aromatic rings. The third-order valence-corrected chi connectivity index (χ3v) is 2.65. The summed E-state index contributed by atoms with van der Waals surface area (Å²) in [5.41, 5.74) is -0.938. The van der Waals surface area contributed by atoms with E-state index in [0.717, 1.165) is 6.07 Å². The van der Waals surface area contributed by atoms with E-state index >= 15 is 0 Å². The molecule has 0 spiro atoms. The van der Waals surface area contributed by atoms with Crippen LogP contribution in [-0.4, -0.2) is 4.92 Å². The van der Waals surface area contributed by atoms with Gasteiger partial charge in [-0.05, 0) is 30.7 Å². The Hall–Kier alpha value is -2.57. The fraction of sp³-hybridized carbons (Fsp3) is 0.0769. The van der Waals surface area contributed by atoms with Crippen molar-refractivity contribution >= 4 is 17.1 Å². The second-order valence-electron chi connectivity index (χ2n) is 4.12. The smallest absolute Gasteiger partial charge is 0.295 e. The average molecular weight is 282 g/mol. The summed E-state index contributed by atoms with van der Waals surface area (Å²) >= 11 is 0. The number of nitro benzene ring substituents is 1. The molecule has 0 saturated carbocycles. The molecule has 0 fully saturated rings. The van der Waals surface area contributed by atoms with E-state index in [4.69, 9.17) is 0 Å². The van der Waals surface area contributed by atoms with E-state index in [1.807, 2.05) is 0 Å². The number of nitrogens with zero attached hydrogens (tertiary/aromatic N) is 1. The van der Waals surface area contributed by atoms with Gasteiger partial charge in [-0.2, -0.15) is 0 Å².